The maximum Gasteiger partial charge on any atom is 0.253 e. The van der Waals surface area contributed by atoms with E-state index < -0.39 is 0 Å². The van der Waals surface area contributed by atoms with E-state index in [4.69, 9.17) is 9.97 Å². The molecular formula is C29H36N4O. The van der Waals surface area contributed by atoms with E-state index >= 15 is 0 Å². The highest BCUT2D eigenvalue weighted by molar-refractivity contribution is 5.94. The van der Waals surface area contributed by atoms with Crippen LogP contribution in [0.5, 0.6) is 0 Å². The van der Waals surface area contributed by atoms with Crippen LogP contribution in [0, 0.1) is 6.92 Å². The highest BCUT2D eigenvalue weighted by Gasteiger charge is 2.26. The van der Waals surface area contributed by atoms with E-state index in [9.17, 15) is 4.79 Å². The van der Waals surface area contributed by atoms with Gasteiger partial charge in [0.2, 0.25) is 0 Å². The topological polar surface area (TPSA) is 49.3 Å². The highest BCUT2D eigenvalue weighted by atomic mass is 16.2. The molecule has 4 rings (SSSR count). The number of hydrogen-bond acceptors (Lipinski definition) is 4. The smallest absolute Gasteiger partial charge is 0.253 e. The van der Waals surface area contributed by atoms with Crippen LogP contribution in [0.15, 0.2) is 54.6 Å². The second kappa shape index (κ2) is 9.96. The van der Waals surface area contributed by atoms with Gasteiger partial charge in [-0.3, -0.25) is 4.79 Å². The molecule has 3 aromatic rings. The molecule has 5 nitrogen and oxygen atoms in total. The van der Waals surface area contributed by atoms with Crippen molar-refractivity contribution in [2.45, 2.75) is 52.9 Å². The fraction of sp³-hybridized carbons (Fsp3) is 0.414. The van der Waals surface area contributed by atoms with Gasteiger partial charge in [-0.25, -0.2) is 9.97 Å². The van der Waals surface area contributed by atoms with Crippen LogP contribution in [0.25, 0.3) is 0 Å². The molecule has 2 heterocycles. The molecule has 0 spiro atoms. The normalized spacial score (nSPS) is 14.4. The average molecular weight is 457 g/mol. The Labute approximate surface area is 203 Å². The lowest BCUT2D eigenvalue weighted by Crippen LogP contribution is -2.49. The Bertz CT molecular complexity index is 1130. The molecule has 1 aliphatic heterocycles. The summed E-state index contributed by atoms with van der Waals surface area (Å²) >= 11 is 0. The molecule has 1 aliphatic rings. The molecule has 0 saturated carbocycles. The van der Waals surface area contributed by atoms with Gasteiger partial charge < -0.3 is 9.80 Å². The molecule has 0 atom stereocenters. The summed E-state index contributed by atoms with van der Waals surface area (Å²) in [5.41, 5.74) is 5.67. The standard InChI is InChI=1S/C29H36N4O/c1-6-26-25(20-22-10-8-7-9-11-22)27(31-21(2)30-26)32-16-18-33(19-17-32)28(34)23-12-14-24(15-13-23)29(3,4)5/h7-15H,6,16-20H2,1-5H3. The summed E-state index contributed by atoms with van der Waals surface area (Å²) in [5.74, 6) is 1.94. The van der Waals surface area contributed by atoms with Crippen molar-refractivity contribution in [3.63, 3.8) is 0 Å². The van der Waals surface area contributed by atoms with Crippen molar-refractivity contribution in [1.29, 1.82) is 0 Å². The molecule has 2 aromatic carbocycles. The summed E-state index contributed by atoms with van der Waals surface area (Å²) in [6, 6.07) is 18.6. The molecule has 34 heavy (non-hydrogen) atoms. The zero-order valence-corrected chi connectivity index (χ0v) is 21.1. The van der Waals surface area contributed by atoms with Crippen molar-refractivity contribution < 1.29 is 4.79 Å². The Kier molecular flexibility index (Phi) is 7.01. The van der Waals surface area contributed by atoms with Crippen LogP contribution in [0.2, 0.25) is 0 Å². The zero-order valence-electron chi connectivity index (χ0n) is 21.1. The van der Waals surface area contributed by atoms with E-state index in [1.54, 1.807) is 0 Å². The lowest BCUT2D eigenvalue weighted by Gasteiger charge is -2.36. The van der Waals surface area contributed by atoms with Crippen molar-refractivity contribution >= 4 is 11.7 Å². The van der Waals surface area contributed by atoms with Crippen LogP contribution < -0.4 is 4.90 Å². The third kappa shape index (κ3) is 5.30. The molecule has 0 N–H and O–H groups in total. The molecule has 0 radical (unpaired) electrons. The third-order valence-electron chi connectivity index (χ3n) is 6.61. The van der Waals surface area contributed by atoms with E-state index in [1.807, 2.05) is 30.0 Å². The Hall–Kier alpha value is -3.21. The van der Waals surface area contributed by atoms with Gasteiger partial charge in [0.25, 0.3) is 5.91 Å². The quantitative estimate of drug-likeness (QED) is 0.530. The van der Waals surface area contributed by atoms with Gasteiger partial charge in [0.15, 0.2) is 0 Å². The molecule has 0 bridgehead atoms. The van der Waals surface area contributed by atoms with Gasteiger partial charge in [0.1, 0.15) is 11.6 Å². The van der Waals surface area contributed by atoms with Crippen LogP contribution in [-0.2, 0) is 18.3 Å². The predicted molar refractivity (Wildman–Crippen MR) is 139 cm³/mol. The van der Waals surface area contributed by atoms with Crippen LogP contribution in [-0.4, -0.2) is 47.0 Å². The first-order valence-corrected chi connectivity index (χ1v) is 12.3. The first-order chi connectivity index (χ1) is 16.3. The third-order valence-corrected chi connectivity index (χ3v) is 6.61. The maximum absolute atomic E-state index is 13.1. The van der Waals surface area contributed by atoms with Gasteiger partial charge >= 0.3 is 0 Å². The predicted octanol–water partition coefficient (Wildman–Crippen LogP) is 5.20. The number of piperazine rings is 1. The van der Waals surface area contributed by atoms with Crippen molar-refractivity contribution in [2.24, 2.45) is 0 Å². The number of aromatic nitrogens is 2. The summed E-state index contributed by atoms with van der Waals surface area (Å²) in [5, 5.41) is 0. The van der Waals surface area contributed by atoms with Gasteiger partial charge in [-0.05, 0) is 42.0 Å². The van der Waals surface area contributed by atoms with E-state index in [-0.39, 0.29) is 11.3 Å². The molecule has 178 valence electrons. The molecular weight excluding hydrogens is 420 g/mol. The van der Waals surface area contributed by atoms with Crippen LogP contribution in [0.3, 0.4) is 0 Å². The van der Waals surface area contributed by atoms with Crippen LogP contribution in [0.4, 0.5) is 5.82 Å². The lowest BCUT2D eigenvalue weighted by molar-refractivity contribution is 0.0746. The molecule has 1 amide bonds. The molecule has 5 heteroatoms. The lowest BCUT2D eigenvalue weighted by atomic mass is 9.86. The minimum atomic E-state index is 0.0810. The minimum Gasteiger partial charge on any atom is -0.353 e. The highest BCUT2D eigenvalue weighted by Crippen LogP contribution is 2.27. The Morgan fingerprint density at radius 3 is 2.15 bits per heavy atom. The van der Waals surface area contributed by atoms with E-state index in [2.05, 4.69) is 69.0 Å². The van der Waals surface area contributed by atoms with Crippen molar-refractivity contribution in [3.05, 3.63) is 88.4 Å². The number of amides is 1. The Balaban J connectivity index is 1.50. The summed E-state index contributed by atoms with van der Waals surface area (Å²) in [4.78, 5) is 27.1. The molecule has 0 aliphatic carbocycles. The number of benzene rings is 2. The number of carbonyl (C=O) groups is 1. The summed E-state index contributed by atoms with van der Waals surface area (Å²) in [6.07, 6.45) is 1.69. The number of nitrogens with zero attached hydrogens (tertiary/aromatic N) is 4. The SMILES string of the molecule is CCc1nc(C)nc(N2CCN(C(=O)c3ccc(C(C)(C)C)cc3)CC2)c1Cc1ccccc1. The zero-order chi connectivity index (χ0) is 24.3. The molecule has 1 aromatic heterocycles. The number of carbonyl (C=O) groups excluding carboxylic acids is 1. The first-order valence-electron chi connectivity index (χ1n) is 12.3. The van der Waals surface area contributed by atoms with E-state index in [0.717, 1.165) is 48.8 Å². The monoisotopic (exact) mass is 456 g/mol. The fourth-order valence-electron chi connectivity index (χ4n) is 4.59. The number of rotatable bonds is 5. The van der Waals surface area contributed by atoms with Gasteiger partial charge in [-0.15, -0.1) is 0 Å². The van der Waals surface area contributed by atoms with E-state index in [1.165, 1.54) is 16.7 Å². The van der Waals surface area contributed by atoms with Gasteiger partial charge in [0, 0.05) is 49.4 Å². The van der Waals surface area contributed by atoms with Gasteiger partial charge in [-0.1, -0.05) is 70.2 Å². The number of aryl methyl sites for hydroxylation is 2. The van der Waals surface area contributed by atoms with Crippen molar-refractivity contribution in [2.75, 3.05) is 31.1 Å². The molecule has 0 unspecified atom stereocenters. The Morgan fingerprint density at radius 1 is 0.912 bits per heavy atom. The molecule has 1 fully saturated rings. The number of hydrogen-bond donors (Lipinski definition) is 0. The van der Waals surface area contributed by atoms with E-state index in [0.29, 0.717) is 13.1 Å². The minimum absolute atomic E-state index is 0.0810. The second-order valence-electron chi connectivity index (χ2n) is 10.1. The summed E-state index contributed by atoms with van der Waals surface area (Å²) in [6.45, 7) is 13.6. The van der Waals surface area contributed by atoms with Gasteiger partial charge in [0.05, 0.1) is 0 Å². The van der Waals surface area contributed by atoms with Crippen LogP contribution in [0.1, 0.15) is 66.3 Å². The van der Waals surface area contributed by atoms with Crippen molar-refractivity contribution in [1.82, 2.24) is 14.9 Å². The maximum atomic E-state index is 13.1. The largest absolute Gasteiger partial charge is 0.353 e. The average Bonchev–Trinajstić information content (AvgIpc) is 2.84. The second-order valence-corrected chi connectivity index (χ2v) is 10.1. The Morgan fingerprint density at radius 2 is 1.56 bits per heavy atom. The summed E-state index contributed by atoms with van der Waals surface area (Å²) in [7, 11) is 0. The molecule has 1 saturated heterocycles. The summed E-state index contributed by atoms with van der Waals surface area (Å²) < 4.78 is 0. The van der Waals surface area contributed by atoms with Crippen molar-refractivity contribution in [3.8, 4) is 0 Å². The van der Waals surface area contributed by atoms with Crippen LogP contribution >= 0.6 is 0 Å². The first kappa shape index (κ1) is 23.9. The van der Waals surface area contributed by atoms with Gasteiger partial charge in [-0.2, -0.15) is 0 Å². The fourth-order valence-corrected chi connectivity index (χ4v) is 4.59. The number of anilines is 1.